The highest BCUT2D eigenvalue weighted by Crippen LogP contribution is 2.44. The smallest absolute Gasteiger partial charge is 0.274 e. The van der Waals surface area contributed by atoms with Gasteiger partial charge in [0, 0.05) is 6.04 Å². The molecule has 3 fully saturated rings. The normalized spacial score (nSPS) is 25.2. The molecule has 1 amide bonds. The van der Waals surface area contributed by atoms with E-state index in [4.69, 9.17) is 4.74 Å². The molecule has 2 aromatic rings. The monoisotopic (exact) mass is 344 g/mol. The van der Waals surface area contributed by atoms with Gasteiger partial charge in [0.2, 0.25) is 0 Å². The molecular weight excluding hydrogens is 324 g/mol. The number of carbonyl (C=O) groups is 1. The fourth-order valence-electron chi connectivity index (χ4n) is 3.85. The Hall–Kier alpha value is -1.92. The first-order valence-electron chi connectivity index (χ1n) is 8.25. The highest BCUT2D eigenvalue weighted by atomic mass is 32.1. The van der Waals surface area contributed by atoms with E-state index in [-0.39, 0.29) is 24.6 Å². The summed E-state index contributed by atoms with van der Waals surface area (Å²) in [5, 5.41) is 10.2. The van der Waals surface area contributed by atoms with Crippen molar-refractivity contribution >= 4 is 17.2 Å². The van der Waals surface area contributed by atoms with Gasteiger partial charge < -0.3 is 14.7 Å². The second-order valence-electron chi connectivity index (χ2n) is 6.50. The molecule has 24 heavy (non-hydrogen) atoms. The van der Waals surface area contributed by atoms with Crippen molar-refractivity contribution in [3.8, 4) is 15.6 Å². The number of rotatable bonds is 4. The van der Waals surface area contributed by atoms with E-state index in [9.17, 15) is 9.90 Å². The minimum atomic E-state index is -0.0914. The molecule has 0 radical (unpaired) electrons. The van der Waals surface area contributed by atoms with Crippen LogP contribution in [-0.4, -0.2) is 46.7 Å². The number of ether oxygens (including phenoxy) is 1. The van der Waals surface area contributed by atoms with Crippen LogP contribution < -0.4 is 4.74 Å². The summed E-state index contributed by atoms with van der Waals surface area (Å²) in [7, 11) is 1.57. The van der Waals surface area contributed by atoms with Gasteiger partial charge in [-0.2, -0.15) is 4.98 Å². The van der Waals surface area contributed by atoms with E-state index in [0.29, 0.717) is 16.8 Å². The second-order valence-corrected chi connectivity index (χ2v) is 7.47. The quantitative estimate of drug-likeness (QED) is 0.926. The first-order valence-corrected chi connectivity index (χ1v) is 9.06. The number of amides is 1. The van der Waals surface area contributed by atoms with Gasteiger partial charge in [-0.3, -0.25) is 4.79 Å². The number of hydrogen-bond acceptors (Lipinski definition) is 5. The average molecular weight is 344 g/mol. The van der Waals surface area contributed by atoms with Gasteiger partial charge in [0.1, 0.15) is 0 Å². The van der Waals surface area contributed by atoms with E-state index >= 15 is 0 Å². The Kier molecular flexibility index (Phi) is 4.02. The molecular formula is C18H20N2O3S. The molecule has 2 aliphatic heterocycles. The summed E-state index contributed by atoms with van der Waals surface area (Å²) in [6, 6.07) is 9.94. The molecule has 5 rings (SSSR count). The molecule has 1 saturated carbocycles. The molecule has 5 nitrogen and oxygen atoms in total. The lowest BCUT2D eigenvalue weighted by atomic mass is 9.70. The highest BCUT2D eigenvalue weighted by Gasteiger charge is 2.47. The molecule has 2 saturated heterocycles. The predicted molar refractivity (Wildman–Crippen MR) is 92.3 cm³/mol. The lowest BCUT2D eigenvalue weighted by Gasteiger charge is -2.53. The number of benzene rings is 1. The first kappa shape index (κ1) is 15.6. The molecule has 3 heterocycles. The van der Waals surface area contributed by atoms with Crippen molar-refractivity contribution in [2.45, 2.75) is 31.3 Å². The van der Waals surface area contributed by atoms with Crippen molar-refractivity contribution in [1.29, 1.82) is 0 Å². The molecule has 1 atom stereocenters. The number of piperidine rings is 2. The Morgan fingerprint density at radius 2 is 2.08 bits per heavy atom. The number of fused-ring (bicyclic) bond motifs is 2. The Morgan fingerprint density at radius 3 is 2.75 bits per heavy atom. The highest BCUT2D eigenvalue weighted by molar-refractivity contribution is 7.17. The topological polar surface area (TPSA) is 62.7 Å². The van der Waals surface area contributed by atoms with Crippen LogP contribution in [0.4, 0.5) is 0 Å². The van der Waals surface area contributed by atoms with Crippen LogP contribution >= 0.6 is 11.3 Å². The lowest BCUT2D eigenvalue weighted by molar-refractivity contribution is -0.0341. The van der Waals surface area contributed by atoms with Crippen molar-refractivity contribution < 1.29 is 14.6 Å². The third kappa shape index (κ3) is 2.50. The number of hydrogen-bond donors (Lipinski definition) is 1. The van der Waals surface area contributed by atoms with Crippen LogP contribution in [0.25, 0.3) is 10.4 Å². The maximum absolute atomic E-state index is 13.2. The van der Waals surface area contributed by atoms with Gasteiger partial charge in [0.05, 0.1) is 24.6 Å². The summed E-state index contributed by atoms with van der Waals surface area (Å²) in [5.41, 5.74) is 1.40. The van der Waals surface area contributed by atoms with Gasteiger partial charge in [-0.15, -0.1) is 0 Å². The fourth-order valence-corrected chi connectivity index (χ4v) is 4.73. The average Bonchev–Trinajstić information content (AvgIpc) is 3.05. The molecule has 3 aliphatic rings. The van der Waals surface area contributed by atoms with Gasteiger partial charge in [-0.05, 0) is 30.7 Å². The summed E-state index contributed by atoms with van der Waals surface area (Å²) in [5.74, 6) is 0.574. The molecule has 126 valence electrons. The summed E-state index contributed by atoms with van der Waals surface area (Å²) < 4.78 is 5.27. The van der Waals surface area contributed by atoms with E-state index in [1.54, 1.807) is 7.11 Å². The van der Waals surface area contributed by atoms with Crippen molar-refractivity contribution in [2.75, 3.05) is 13.7 Å². The number of aliphatic hydroxyl groups excluding tert-OH is 1. The second kappa shape index (κ2) is 6.18. The van der Waals surface area contributed by atoms with E-state index in [1.807, 2.05) is 35.2 Å². The number of thiazole rings is 1. The zero-order chi connectivity index (χ0) is 16.7. The molecule has 1 aromatic heterocycles. The van der Waals surface area contributed by atoms with E-state index in [0.717, 1.165) is 29.7 Å². The van der Waals surface area contributed by atoms with Crippen LogP contribution in [0.3, 0.4) is 0 Å². The zero-order valence-corrected chi connectivity index (χ0v) is 14.3. The van der Waals surface area contributed by atoms with Crippen LogP contribution in [0.2, 0.25) is 0 Å². The molecule has 2 bridgehead atoms. The molecule has 1 aromatic carbocycles. The van der Waals surface area contributed by atoms with Gasteiger partial charge >= 0.3 is 0 Å². The Morgan fingerprint density at radius 1 is 1.33 bits per heavy atom. The van der Waals surface area contributed by atoms with E-state index < -0.39 is 0 Å². The summed E-state index contributed by atoms with van der Waals surface area (Å²) in [6.07, 6.45) is 2.98. The Bertz CT molecular complexity index is 740. The van der Waals surface area contributed by atoms with Crippen LogP contribution in [-0.2, 0) is 0 Å². The minimum absolute atomic E-state index is 0.0146. The van der Waals surface area contributed by atoms with Crippen molar-refractivity contribution in [3.63, 3.8) is 0 Å². The maximum Gasteiger partial charge on any atom is 0.274 e. The molecule has 6 heteroatoms. The summed E-state index contributed by atoms with van der Waals surface area (Å²) in [6.45, 7) is 0.0146. The van der Waals surface area contributed by atoms with Crippen molar-refractivity contribution in [3.05, 3.63) is 36.0 Å². The van der Waals surface area contributed by atoms with Gasteiger partial charge in [-0.25, -0.2) is 0 Å². The van der Waals surface area contributed by atoms with Gasteiger partial charge in [0.15, 0.2) is 5.69 Å². The largest absolute Gasteiger partial charge is 0.473 e. The maximum atomic E-state index is 13.2. The Balaban J connectivity index is 1.72. The number of nitrogens with zero attached hydrogens (tertiary/aromatic N) is 2. The lowest BCUT2D eigenvalue weighted by Crippen LogP contribution is -2.60. The molecule has 1 unspecified atom stereocenters. The Labute approximate surface area is 144 Å². The van der Waals surface area contributed by atoms with E-state index in [2.05, 4.69) is 4.98 Å². The van der Waals surface area contributed by atoms with Crippen molar-refractivity contribution in [2.24, 2.45) is 5.92 Å². The van der Waals surface area contributed by atoms with Crippen LogP contribution in [0.1, 0.15) is 29.8 Å². The number of aromatic nitrogens is 1. The van der Waals surface area contributed by atoms with Crippen LogP contribution in [0.5, 0.6) is 5.19 Å². The SMILES string of the molecule is COc1nc(C(=O)N2C(CO)CC3CC2C3)c(-c2ccccc2)s1. The first-order chi connectivity index (χ1) is 11.7. The van der Waals surface area contributed by atoms with Gasteiger partial charge in [-0.1, -0.05) is 41.7 Å². The number of carbonyl (C=O) groups excluding carboxylic acids is 1. The third-order valence-electron chi connectivity index (χ3n) is 5.07. The van der Waals surface area contributed by atoms with Crippen LogP contribution in [0.15, 0.2) is 30.3 Å². The molecule has 1 aliphatic carbocycles. The number of aliphatic hydroxyl groups is 1. The standard InChI is InChI=1S/C18H20N2O3S/c1-23-18-19-15(16(24-18)12-5-3-2-4-6-12)17(22)20-13-7-11(8-13)9-14(20)10-21/h2-6,11,13-14,21H,7-10H2,1H3. The van der Waals surface area contributed by atoms with Crippen molar-refractivity contribution in [1.82, 2.24) is 9.88 Å². The molecule has 0 spiro atoms. The van der Waals surface area contributed by atoms with Gasteiger partial charge in [0.25, 0.3) is 11.1 Å². The molecule has 1 N–H and O–H groups in total. The minimum Gasteiger partial charge on any atom is -0.473 e. The fraction of sp³-hybridized carbons (Fsp3) is 0.444. The summed E-state index contributed by atoms with van der Waals surface area (Å²) in [4.78, 5) is 20.3. The summed E-state index contributed by atoms with van der Waals surface area (Å²) >= 11 is 1.38. The third-order valence-corrected chi connectivity index (χ3v) is 6.13. The predicted octanol–water partition coefficient (Wildman–Crippen LogP) is 2.80. The van der Waals surface area contributed by atoms with E-state index in [1.165, 1.54) is 11.3 Å². The van der Waals surface area contributed by atoms with Crippen LogP contribution in [0, 0.1) is 5.92 Å². The number of methoxy groups -OCH3 is 1. The zero-order valence-electron chi connectivity index (χ0n) is 13.5.